The maximum Gasteiger partial charge on any atom is 0.248 e. The molecule has 0 saturated heterocycles. The fourth-order valence-electron chi connectivity index (χ4n) is 1.72. The summed E-state index contributed by atoms with van der Waals surface area (Å²) in [7, 11) is 0. The number of furan rings is 1. The molecule has 1 amide bonds. The van der Waals surface area contributed by atoms with Crippen molar-refractivity contribution in [2.45, 2.75) is 20.3 Å². The molecule has 1 heterocycles. The number of hydrogen-bond acceptors (Lipinski definition) is 2. The van der Waals surface area contributed by atoms with Gasteiger partial charge in [0, 0.05) is 18.2 Å². The molecule has 19 heavy (non-hydrogen) atoms. The number of nitrogens with one attached hydrogen (secondary N) is 1. The van der Waals surface area contributed by atoms with Crippen LogP contribution in [0.4, 0.5) is 5.69 Å². The van der Waals surface area contributed by atoms with Crippen LogP contribution < -0.4 is 5.32 Å². The fraction of sp³-hybridized carbons (Fsp3) is 0.188. The molecule has 0 aliphatic carbocycles. The summed E-state index contributed by atoms with van der Waals surface area (Å²) < 4.78 is 5.49. The lowest BCUT2D eigenvalue weighted by Crippen LogP contribution is -2.08. The third-order valence-electron chi connectivity index (χ3n) is 2.83. The Kier molecular flexibility index (Phi) is 4.18. The molecule has 2 aromatic rings. The Hall–Kier alpha value is -2.29. The van der Waals surface area contributed by atoms with E-state index in [0.29, 0.717) is 5.76 Å². The van der Waals surface area contributed by atoms with E-state index >= 15 is 0 Å². The third-order valence-corrected chi connectivity index (χ3v) is 2.83. The van der Waals surface area contributed by atoms with Gasteiger partial charge in [0.15, 0.2) is 0 Å². The van der Waals surface area contributed by atoms with Crippen molar-refractivity contribution in [3.63, 3.8) is 0 Å². The first-order valence-corrected chi connectivity index (χ1v) is 6.32. The number of rotatable bonds is 4. The number of carbonyl (C=O) groups excluding carboxylic acids is 1. The number of carbonyl (C=O) groups is 1. The predicted molar refractivity (Wildman–Crippen MR) is 76.9 cm³/mol. The Morgan fingerprint density at radius 1 is 1.26 bits per heavy atom. The van der Waals surface area contributed by atoms with E-state index < -0.39 is 0 Å². The van der Waals surface area contributed by atoms with Gasteiger partial charge in [-0.25, -0.2) is 0 Å². The summed E-state index contributed by atoms with van der Waals surface area (Å²) in [6.07, 6.45) is 4.00. The minimum absolute atomic E-state index is 0.163. The first-order chi connectivity index (χ1) is 9.19. The van der Waals surface area contributed by atoms with Crippen LogP contribution >= 0.6 is 0 Å². The van der Waals surface area contributed by atoms with Crippen LogP contribution in [-0.2, 0) is 11.2 Å². The first kappa shape index (κ1) is 13.1. The molecule has 0 spiro atoms. The topological polar surface area (TPSA) is 42.2 Å². The van der Waals surface area contributed by atoms with Gasteiger partial charge in [-0.3, -0.25) is 4.79 Å². The van der Waals surface area contributed by atoms with Gasteiger partial charge < -0.3 is 9.73 Å². The zero-order chi connectivity index (χ0) is 13.7. The van der Waals surface area contributed by atoms with E-state index in [9.17, 15) is 4.79 Å². The molecule has 0 aliphatic rings. The van der Waals surface area contributed by atoms with Gasteiger partial charge in [-0.05, 0) is 36.8 Å². The summed E-state index contributed by atoms with van der Waals surface area (Å²) in [5.74, 6) is 1.44. The van der Waals surface area contributed by atoms with Crippen molar-refractivity contribution in [3.8, 4) is 0 Å². The SMILES string of the molecule is CCc1ccc(C=CC(=O)Nc2ccccc2C)o1. The zero-order valence-electron chi connectivity index (χ0n) is 11.1. The lowest BCUT2D eigenvalue weighted by atomic mass is 10.2. The third kappa shape index (κ3) is 3.58. The summed E-state index contributed by atoms with van der Waals surface area (Å²) in [5.41, 5.74) is 1.86. The van der Waals surface area contributed by atoms with Crippen molar-refractivity contribution in [2.75, 3.05) is 5.32 Å². The van der Waals surface area contributed by atoms with Crippen LogP contribution in [0.25, 0.3) is 6.08 Å². The molecule has 0 atom stereocenters. The molecule has 0 fully saturated rings. The molecule has 1 aromatic carbocycles. The molecule has 98 valence electrons. The quantitative estimate of drug-likeness (QED) is 0.844. The Balaban J connectivity index is 1.99. The Morgan fingerprint density at radius 3 is 2.74 bits per heavy atom. The van der Waals surface area contributed by atoms with Gasteiger partial charge >= 0.3 is 0 Å². The van der Waals surface area contributed by atoms with Crippen LogP contribution in [-0.4, -0.2) is 5.91 Å². The smallest absolute Gasteiger partial charge is 0.248 e. The molecule has 2 rings (SSSR count). The highest BCUT2D eigenvalue weighted by molar-refractivity contribution is 6.02. The summed E-state index contributed by atoms with van der Waals surface area (Å²) in [6, 6.07) is 11.4. The summed E-state index contributed by atoms with van der Waals surface area (Å²) in [6.45, 7) is 3.98. The summed E-state index contributed by atoms with van der Waals surface area (Å²) in [5, 5.41) is 2.83. The molecule has 3 nitrogen and oxygen atoms in total. The lowest BCUT2D eigenvalue weighted by molar-refractivity contribution is -0.111. The van der Waals surface area contributed by atoms with Gasteiger partial charge in [0.1, 0.15) is 11.5 Å². The molecular formula is C16H17NO2. The Labute approximate surface area is 112 Å². The van der Waals surface area contributed by atoms with E-state index in [0.717, 1.165) is 23.4 Å². The molecule has 1 aromatic heterocycles. The van der Waals surface area contributed by atoms with E-state index in [1.165, 1.54) is 6.08 Å². The normalized spacial score (nSPS) is 10.8. The molecule has 0 bridgehead atoms. The van der Waals surface area contributed by atoms with E-state index in [-0.39, 0.29) is 5.91 Å². The molecule has 0 aliphatic heterocycles. The zero-order valence-corrected chi connectivity index (χ0v) is 11.1. The Bertz CT molecular complexity index is 596. The highest BCUT2D eigenvalue weighted by Crippen LogP contribution is 2.14. The van der Waals surface area contributed by atoms with E-state index in [1.807, 2.05) is 50.2 Å². The van der Waals surface area contributed by atoms with E-state index in [4.69, 9.17) is 4.42 Å². The van der Waals surface area contributed by atoms with Gasteiger partial charge in [-0.1, -0.05) is 25.1 Å². The van der Waals surface area contributed by atoms with Crippen molar-refractivity contribution >= 4 is 17.7 Å². The first-order valence-electron chi connectivity index (χ1n) is 6.32. The fourth-order valence-corrected chi connectivity index (χ4v) is 1.72. The number of aryl methyl sites for hydroxylation is 2. The van der Waals surface area contributed by atoms with Gasteiger partial charge in [0.2, 0.25) is 5.91 Å². The number of anilines is 1. The van der Waals surface area contributed by atoms with Crippen LogP contribution in [0.15, 0.2) is 46.9 Å². The lowest BCUT2D eigenvalue weighted by Gasteiger charge is -2.04. The average molecular weight is 255 g/mol. The Morgan fingerprint density at radius 2 is 2.05 bits per heavy atom. The molecule has 0 unspecified atom stereocenters. The summed E-state index contributed by atoms with van der Waals surface area (Å²) in [4.78, 5) is 11.8. The maximum absolute atomic E-state index is 11.8. The molecular weight excluding hydrogens is 238 g/mol. The van der Waals surface area contributed by atoms with Gasteiger partial charge in [-0.15, -0.1) is 0 Å². The van der Waals surface area contributed by atoms with Crippen LogP contribution in [0, 0.1) is 6.92 Å². The molecule has 0 saturated carbocycles. The summed E-state index contributed by atoms with van der Waals surface area (Å²) >= 11 is 0. The molecule has 1 N–H and O–H groups in total. The number of benzene rings is 1. The highest BCUT2D eigenvalue weighted by Gasteiger charge is 2.01. The average Bonchev–Trinajstić information content (AvgIpc) is 2.87. The standard InChI is InChI=1S/C16H17NO2/c1-3-13-8-9-14(19-13)10-11-16(18)17-15-7-5-4-6-12(15)2/h4-11H,3H2,1-2H3,(H,17,18). The number of amides is 1. The number of hydrogen-bond donors (Lipinski definition) is 1. The van der Waals surface area contributed by atoms with Crippen LogP contribution in [0.5, 0.6) is 0 Å². The van der Waals surface area contributed by atoms with Gasteiger partial charge in [0.05, 0.1) is 0 Å². The van der Waals surface area contributed by atoms with Gasteiger partial charge in [0.25, 0.3) is 0 Å². The number of para-hydroxylation sites is 1. The van der Waals surface area contributed by atoms with E-state index in [1.54, 1.807) is 6.08 Å². The van der Waals surface area contributed by atoms with Crippen molar-refractivity contribution in [2.24, 2.45) is 0 Å². The van der Waals surface area contributed by atoms with E-state index in [2.05, 4.69) is 5.32 Å². The largest absolute Gasteiger partial charge is 0.462 e. The van der Waals surface area contributed by atoms with Crippen molar-refractivity contribution in [1.82, 2.24) is 0 Å². The maximum atomic E-state index is 11.8. The molecule has 0 radical (unpaired) electrons. The van der Waals surface area contributed by atoms with Crippen molar-refractivity contribution in [1.29, 1.82) is 0 Å². The van der Waals surface area contributed by atoms with Crippen LogP contribution in [0.3, 0.4) is 0 Å². The second kappa shape index (κ2) is 6.05. The van der Waals surface area contributed by atoms with Crippen molar-refractivity contribution < 1.29 is 9.21 Å². The van der Waals surface area contributed by atoms with Crippen molar-refractivity contribution in [3.05, 3.63) is 59.6 Å². The van der Waals surface area contributed by atoms with Gasteiger partial charge in [-0.2, -0.15) is 0 Å². The minimum Gasteiger partial charge on any atom is -0.462 e. The second-order valence-corrected chi connectivity index (χ2v) is 4.30. The van der Waals surface area contributed by atoms with Crippen LogP contribution in [0.2, 0.25) is 0 Å². The predicted octanol–water partition coefficient (Wildman–Crippen LogP) is 3.80. The molecule has 3 heteroatoms. The van der Waals surface area contributed by atoms with Crippen LogP contribution in [0.1, 0.15) is 24.0 Å². The monoisotopic (exact) mass is 255 g/mol. The second-order valence-electron chi connectivity index (χ2n) is 4.30. The highest BCUT2D eigenvalue weighted by atomic mass is 16.3. The minimum atomic E-state index is -0.163.